The lowest BCUT2D eigenvalue weighted by Gasteiger charge is -2.02. The molecule has 4 aromatic rings. The van der Waals surface area contributed by atoms with Crippen LogP contribution in [0.5, 0.6) is 0 Å². The molecule has 0 aliphatic rings. The van der Waals surface area contributed by atoms with Gasteiger partial charge in [-0.1, -0.05) is 72.8 Å². The van der Waals surface area contributed by atoms with Crippen molar-refractivity contribution in [2.75, 3.05) is 0 Å². The van der Waals surface area contributed by atoms with Crippen LogP contribution >= 0.6 is 0 Å². The molecule has 0 aliphatic carbocycles. The van der Waals surface area contributed by atoms with Crippen molar-refractivity contribution in [3.63, 3.8) is 0 Å². The van der Waals surface area contributed by atoms with Gasteiger partial charge in [0.25, 0.3) is 0 Å². The summed E-state index contributed by atoms with van der Waals surface area (Å²) in [7, 11) is 0. The van der Waals surface area contributed by atoms with Crippen molar-refractivity contribution in [1.29, 1.82) is 0 Å². The van der Waals surface area contributed by atoms with Crippen LogP contribution in [0, 0.1) is 0 Å². The van der Waals surface area contributed by atoms with Gasteiger partial charge >= 0.3 is 0 Å². The average Bonchev–Trinajstić information content (AvgIpc) is 2.86. The summed E-state index contributed by atoms with van der Waals surface area (Å²) >= 11 is 0. The van der Waals surface area contributed by atoms with Crippen LogP contribution in [0.15, 0.2) is 110 Å². The highest BCUT2D eigenvalue weighted by Gasteiger charge is 2.06. The first-order valence-corrected chi connectivity index (χ1v) is 11.2. The van der Waals surface area contributed by atoms with Crippen LogP contribution < -0.4 is 0 Å². The number of benzene rings is 4. The third kappa shape index (κ3) is 6.05. The molecule has 0 radical (unpaired) electrons. The summed E-state index contributed by atoms with van der Waals surface area (Å²) in [6, 6.07) is 27.7. The Morgan fingerprint density at radius 2 is 1.00 bits per heavy atom. The number of carbonyl (C=O) groups is 2. The fourth-order valence-corrected chi connectivity index (χ4v) is 3.74. The molecule has 164 valence electrons. The fourth-order valence-electron chi connectivity index (χ4n) is 3.74. The predicted molar refractivity (Wildman–Crippen MR) is 134 cm³/mol. The molecule has 33 heavy (non-hydrogen) atoms. The fraction of sp³-hybridized carbons (Fsp3) is 0.133. The van der Waals surface area contributed by atoms with Crippen molar-refractivity contribution >= 4 is 33.1 Å². The van der Waals surface area contributed by atoms with Gasteiger partial charge in [0.15, 0.2) is 11.6 Å². The van der Waals surface area contributed by atoms with Crippen LogP contribution in [0.25, 0.3) is 21.5 Å². The van der Waals surface area contributed by atoms with E-state index in [4.69, 9.17) is 4.74 Å². The second-order valence-electron chi connectivity index (χ2n) is 7.93. The van der Waals surface area contributed by atoms with Gasteiger partial charge in [0.1, 0.15) is 0 Å². The smallest absolute Gasteiger partial charge is 0.163 e. The molecule has 0 saturated carbocycles. The SMILES string of the molecule is O=C(CCC=COC=CCCC(=O)c1ccc2ccccc2c1)c1ccc2ccccc2c1. The summed E-state index contributed by atoms with van der Waals surface area (Å²) in [6.45, 7) is 0. The third-order valence-corrected chi connectivity index (χ3v) is 5.57. The summed E-state index contributed by atoms with van der Waals surface area (Å²) < 4.78 is 5.34. The van der Waals surface area contributed by atoms with E-state index < -0.39 is 0 Å². The van der Waals surface area contributed by atoms with E-state index in [-0.39, 0.29) is 11.6 Å². The number of fused-ring (bicyclic) bond motifs is 2. The molecule has 0 atom stereocenters. The zero-order chi connectivity index (χ0) is 22.9. The van der Waals surface area contributed by atoms with E-state index >= 15 is 0 Å². The van der Waals surface area contributed by atoms with Gasteiger partial charge in [-0.3, -0.25) is 9.59 Å². The van der Waals surface area contributed by atoms with Crippen LogP contribution in [0.4, 0.5) is 0 Å². The molecular formula is C30H26O3. The number of hydrogen-bond acceptors (Lipinski definition) is 3. The molecule has 0 spiro atoms. The highest BCUT2D eigenvalue weighted by atomic mass is 16.5. The summed E-state index contributed by atoms with van der Waals surface area (Å²) in [4.78, 5) is 24.8. The molecule has 0 amide bonds. The number of rotatable bonds is 10. The van der Waals surface area contributed by atoms with Crippen LogP contribution in [0.1, 0.15) is 46.4 Å². The molecule has 0 aliphatic heterocycles. The van der Waals surface area contributed by atoms with E-state index in [2.05, 4.69) is 0 Å². The largest absolute Gasteiger partial charge is 0.473 e. The lowest BCUT2D eigenvalue weighted by atomic mass is 10.0. The Bertz CT molecular complexity index is 1230. The Kier molecular flexibility index (Phi) is 7.44. The van der Waals surface area contributed by atoms with Crippen LogP contribution in [-0.2, 0) is 4.74 Å². The average molecular weight is 435 g/mol. The summed E-state index contributed by atoms with van der Waals surface area (Å²) in [6.07, 6.45) is 8.92. The van der Waals surface area contributed by atoms with Crippen molar-refractivity contribution < 1.29 is 14.3 Å². The molecule has 0 N–H and O–H groups in total. The van der Waals surface area contributed by atoms with Crippen LogP contribution in [0.3, 0.4) is 0 Å². The number of allylic oxidation sites excluding steroid dienone is 2. The van der Waals surface area contributed by atoms with E-state index in [0.717, 1.165) is 32.7 Å². The zero-order valence-electron chi connectivity index (χ0n) is 18.4. The standard InChI is InChI=1S/C30H26O3/c31-29(27-17-15-23-9-1-3-11-25(23)21-27)13-5-7-19-33-20-8-6-14-30(32)28-18-16-24-10-2-4-12-26(24)22-28/h1-4,7-12,15-22H,5-6,13-14H2. The van der Waals surface area contributed by atoms with E-state index in [1.54, 1.807) is 12.5 Å². The maximum absolute atomic E-state index is 12.4. The normalized spacial score (nSPS) is 11.5. The van der Waals surface area contributed by atoms with E-state index in [9.17, 15) is 9.59 Å². The third-order valence-electron chi connectivity index (χ3n) is 5.57. The van der Waals surface area contributed by atoms with Gasteiger partial charge in [-0.2, -0.15) is 0 Å². The summed E-state index contributed by atoms with van der Waals surface area (Å²) in [5, 5.41) is 4.42. The van der Waals surface area contributed by atoms with Crippen molar-refractivity contribution in [3.8, 4) is 0 Å². The first kappa shape index (κ1) is 22.2. The van der Waals surface area contributed by atoms with Crippen molar-refractivity contribution in [1.82, 2.24) is 0 Å². The van der Waals surface area contributed by atoms with Crippen molar-refractivity contribution in [3.05, 3.63) is 121 Å². The van der Waals surface area contributed by atoms with Gasteiger partial charge in [-0.25, -0.2) is 0 Å². The minimum atomic E-state index is 0.119. The second-order valence-corrected chi connectivity index (χ2v) is 7.93. The number of hydrogen-bond donors (Lipinski definition) is 0. The van der Waals surface area contributed by atoms with Gasteiger partial charge in [0, 0.05) is 24.0 Å². The Labute approximate surface area is 194 Å². The van der Waals surface area contributed by atoms with Gasteiger partial charge in [0.2, 0.25) is 0 Å². The molecule has 0 aromatic heterocycles. The number of Topliss-reactive ketones (excluding diaryl/α,β-unsaturated/α-hetero) is 2. The predicted octanol–water partition coefficient (Wildman–Crippen LogP) is 7.66. The molecule has 0 fully saturated rings. The molecular weight excluding hydrogens is 408 g/mol. The topological polar surface area (TPSA) is 43.4 Å². The lowest BCUT2D eigenvalue weighted by molar-refractivity contribution is 0.0976. The Balaban J connectivity index is 1.16. The maximum Gasteiger partial charge on any atom is 0.163 e. The minimum Gasteiger partial charge on any atom is -0.473 e. The molecule has 4 aromatic carbocycles. The first-order chi connectivity index (χ1) is 16.2. The minimum absolute atomic E-state index is 0.119. The van der Waals surface area contributed by atoms with Gasteiger partial charge in [-0.15, -0.1) is 0 Å². The van der Waals surface area contributed by atoms with Crippen LogP contribution in [-0.4, -0.2) is 11.6 Å². The Hall–Kier alpha value is -3.98. The quantitative estimate of drug-likeness (QED) is 0.190. The van der Waals surface area contributed by atoms with E-state index in [1.807, 2.05) is 97.1 Å². The summed E-state index contributed by atoms with van der Waals surface area (Å²) in [5.74, 6) is 0.237. The molecule has 3 heteroatoms. The number of carbonyl (C=O) groups excluding carboxylic acids is 2. The molecule has 0 bridgehead atoms. The van der Waals surface area contributed by atoms with E-state index in [0.29, 0.717) is 25.7 Å². The van der Waals surface area contributed by atoms with E-state index in [1.165, 1.54) is 0 Å². The van der Waals surface area contributed by atoms with Crippen molar-refractivity contribution in [2.24, 2.45) is 0 Å². The number of ketones is 2. The Morgan fingerprint density at radius 1 is 0.576 bits per heavy atom. The molecule has 0 heterocycles. The van der Waals surface area contributed by atoms with Gasteiger partial charge in [-0.05, 0) is 58.7 Å². The van der Waals surface area contributed by atoms with Crippen LogP contribution in [0.2, 0.25) is 0 Å². The molecule has 3 nitrogen and oxygen atoms in total. The van der Waals surface area contributed by atoms with Gasteiger partial charge < -0.3 is 4.74 Å². The highest BCUT2D eigenvalue weighted by molar-refractivity contribution is 6.00. The lowest BCUT2D eigenvalue weighted by Crippen LogP contribution is -1.98. The molecule has 4 rings (SSSR count). The number of ether oxygens (including phenoxy) is 1. The molecule has 0 saturated heterocycles. The van der Waals surface area contributed by atoms with Crippen molar-refractivity contribution in [2.45, 2.75) is 25.7 Å². The monoisotopic (exact) mass is 434 g/mol. The Morgan fingerprint density at radius 3 is 1.45 bits per heavy atom. The zero-order valence-corrected chi connectivity index (χ0v) is 18.4. The molecule has 0 unspecified atom stereocenters. The van der Waals surface area contributed by atoms with Gasteiger partial charge in [0.05, 0.1) is 12.5 Å². The second kappa shape index (κ2) is 11.1. The highest BCUT2D eigenvalue weighted by Crippen LogP contribution is 2.18. The first-order valence-electron chi connectivity index (χ1n) is 11.2. The summed E-state index contributed by atoms with van der Waals surface area (Å²) in [5.41, 5.74) is 1.47. The maximum atomic E-state index is 12.4.